The molecule has 4 N–H and O–H groups in total. The van der Waals surface area contributed by atoms with Gasteiger partial charge in [0.05, 0.1) is 24.6 Å². The van der Waals surface area contributed by atoms with Crippen molar-refractivity contribution in [1.82, 2.24) is 0 Å². The number of nitrogens with two attached hydrogens (primary N) is 1. The number of hydrogen-bond donors (Lipinski definition) is 3. The lowest BCUT2D eigenvalue weighted by Gasteiger charge is -2.26. The number of aliphatic hydroxyl groups excluding tert-OH is 1. The summed E-state index contributed by atoms with van der Waals surface area (Å²) in [5.41, 5.74) is 6.83. The average molecular weight is 268 g/mol. The molecule has 5 heteroatoms. The SMILES string of the molecule is COc1cc(NCC2CCCC(O)C2)c(N)cc1F. The third kappa shape index (κ3) is 3.50. The molecule has 2 rings (SSSR count). The highest BCUT2D eigenvalue weighted by Gasteiger charge is 2.20. The van der Waals surface area contributed by atoms with Crippen molar-refractivity contribution in [2.45, 2.75) is 31.8 Å². The van der Waals surface area contributed by atoms with Gasteiger partial charge in [-0.3, -0.25) is 0 Å². The standard InChI is InChI=1S/C14H21FN2O2/c1-19-14-7-13(12(16)6-11(14)15)17-8-9-3-2-4-10(18)5-9/h6-7,9-10,17-18H,2-5,8,16H2,1H3. The van der Waals surface area contributed by atoms with E-state index in [1.165, 1.54) is 13.2 Å². The minimum absolute atomic E-state index is 0.181. The molecule has 1 aliphatic carbocycles. The highest BCUT2D eigenvalue weighted by atomic mass is 19.1. The van der Waals surface area contributed by atoms with Crippen molar-refractivity contribution in [2.75, 3.05) is 24.7 Å². The molecular weight excluding hydrogens is 247 g/mol. The van der Waals surface area contributed by atoms with Gasteiger partial charge in [-0.1, -0.05) is 6.42 Å². The molecule has 0 spiro atoms. The Kier molecular flexibility index (Phi) is 4.47. The summed E-state index contributed by atoms with van der Waals surface area (Å²) < 4.78 is 18.4. The Balaban J connectivity index is 1.99. The Morgan fingerprint density at radius 1 is 1.47 bits per heavy atom. The monoisotopic (exact) mass is 268 g/mol. The zero-order valence-corrected chi connectivity index (χ0v) is 11.2. The van der Waals surface area contributed by atoms with E-state index >= 15 is 0 Å². The van der Waals surface area contributed by atoms with E-state index in [1.54, 1.807) is 6.07 Å². The smallest absolute Gasteiger partial charge is 0.167 e. The molecule has 1 saturated carbocycles. The van der Waals surface area contributed by atoms with Crippen molar-refractivity contribution in [3.05, 3.63) is 17.9 Å². The predicted octanol–water partition coefficient (Wildman–Crippen LogP) is 2.38. The van der Waals surface area contributed by atoms with E-state index in [2.05, 4.69) is 5.32 Å². The summed E-state index contributed by atoms with van der Waals surface area (Å²) in [6, 6.07) is 2.83. The van der Waals surface area contributed by atoms with Crippen LogP contribution in [0, 0.1) is 11.7 Å². The molecule has 106 valence electrons. The summed E-state index contributed by atoms with van der Waals surface area (Å²) in [6.07, 6.45) is 3.66. The zero-order valence-electron chi connectivity index (χ0n) is 11.2. The van der Waals surface area contributed by atoms with Gasteiger partial charge in [0.25, 0.3) is 0 Å². The molecule has 0 aliphatic heterocycles. The summed E-state index contributed by atoms with van der Waals surface area (Å²) in [5, 5.41) is 12.9. The first-order chi connectivity index (χ1) is 9.10. The maximum absolute atomic E-state index is 13.4. The molecule has 0 amide bonds. The van der Waals surface area contributed by atoms with E-state index in [0.29, 0.717) is 17.3 Å². The number of anilines is 2. The van der Waals surface area contributed by atoms with Crippen molar-refractivity contribution in [3.63, 3.8) is 0 Å². The second-order valence-electron chi connectivity index (χ2n) is 5.14. The summed E-state index contributed by atoms with van der Waals surface area (Å²) in [6.45, 7) is 0.732. The van der Waals surface area contributed by atoms with Crippen molar-refractivity contribution in [3.8, 4) is 5.75 Å². The Hall–Kier alpha value is -1.49. The first-order valence-corrected chi connectivity index (χ1v) is 6.65. The molecule has 0 aromatic heterocycles. The average Bonchev–Trinajstić information content (AvgIpc) is 2.38. The number of nitrogen functional groups attached to an aromatic ring is 1. The second-order valence-corrected chi connectivity index (χ2v) is 5.14. The minimum atomic E-state index is -0.460. The number of benzene rings is 1. The predicted molar refractivity (Wildman–Crippen MR) is 73.8 cm³/mol. The molecule has 4 nitrogen and oxygen atoms in total. The fraction of sp³-hybridized carbons (Fsp3) is 0.571. The molecule has 1 fully saturated rings. The number of hydrogen-bond acceptors (Lipinski definition) is 4. The van der Waals surface area contributed by atoms with Crippen LogP contribution in [0.3, 0.4) is 0 Å². The van der Waals surface area contributed by atoms with Crippen LogP contribution in [-0.4, -0.2) is 24.9 Å². The Labute approximate surface area is 112 Å². The van der Waals surface area contributed by atoms with E-state index in [0.717, 1.165) is 32.2 Å². The van der Waals surface area contributed by atoms with Gasteiger partial charge in [0.15, 0.2) is 11.6 Å². The van der Waals surface area contributed by atoms with Gasteiger partial charge in [-0.15, -0.1) is 0 Å². The van der Waals surface area contributed by atoms with Gasteiger partial charge in [0.2, 0.25) is 0 Å². The minimum Gasteiger partial charge on any atom is -0.494 e. The molecule has 0 radical (unpaired) electrons. The van der Waals surface area contributed by atoms with Crippen LogP contribution in [0.2, 0.25) is 0 Å². The van der Waals surface area contributed by atoms with Gasteiger partial charge >= 0.3 is 0 Å². The van der Waals surface area contributed by atoms with Gasteiger partial charge in [0.1, 0.15) is 0 Å². The van der Waals surface area contributed by atoms with Gasteiger partial charge < -0.3 is 20.9 Å². The van der Waals surface area contributed by atoms with Crippen molar-refractivity contribution >= 4 is 11.4 Å². The molecule has 1 aliphatic rings. The Morgan fingerprint density at radius 2 is 2.26 bits per heavy atom. The van der Waals surface area contributed by atoms with E-state index in [1.807, 2.05) is 0 Å². The fourth-order valence-electron chi connectivity index (χ4n) is 2.58. The van der Waals surface area contributed by atoms with E-state index < -0.39 is 5.82 Å². The van der Waals surface area contributed by atoms with Crippen molar-refractivity contribution in [1.29, 1.82) is 0 Å². The number of ether oxygens (including phenoxy) is 1. The first-order valence-electron chi connectivity index (χ1n) is 6.65. The van der Waals surface area contributed by atoms with E-state index in [-0.39, 0.29) is 11.9 Å². The summed E-state index contributed by atoms with van der Waals surface area (Å²) in [5.74, 6) is 0.151. The van der Waals surface area contributed by atoms with Crippen LogP contribution in [0.5, 0.6) is 5.75 Å². The van der Waals surface area contributed by atoms with E-state index in [9.17, 15) is 9.50 Å². The second kappa shape index (κ2) is 6.10. The van der Waals surface area contributed by atoms with Gasteiger partial charge in [-0.2, -0.15) is 0 Å². The Bertz CT molecular complexity index is 440. The molecule has 2 atom stereocenters. The number of rotatable bonds is 4. The largest absolute Gasteiger partial charge is 0.494 e. The lowest BCUT2D eigenvalue weighted by atomic mass is 9.87. The van der Waals surface area contributed by atoms with Gasteiger partial charge in [-0.25, -0.2) is 4.39 Å². The normalized spacial score (nSPS) is 23.1. The van der Waals surface area contributed by atoms with Gasteiger partial charge in [0, 0.05) is 18.7 Å². The lowest BCUT2D eigenvalue weighted by molar-refractivity contribution is 0.105. The molecule has 2 unspecified atom stereocenters. The summed E-state index contributed by atoms with van der Waals surface area (Å²) >= 11 is 0. The number of aliphatic hydroxyl groups is 1. The third-order valence-electron chi connectivity index (χ3n) is 3.66. The molecule has 0 saturated heterocycles. The van der Waals surface area contributed by atoms with Crippen LogP contribution in [0.25, 0.3) is 0 Å². The molecule has 1 aromatic carbocycles. The van der Waals surface area contributed by atoms with E-state index in [4.69, 9.17) is 10.5 Å². The van der Waals surface area contributed by atoms with Crippen LogP contribution in [0.1, 0.15) is 25.7 Å². The van der Waals surface area contributed by atoms with Crippen LogP contribution in [-0.2, 0) is 0 Å². The quantitative estimate of drug-likeness (QED) is 0.733. The molecule has 0 bridgehead atoms. The maximum Gasteiger partial charge on any atom is 0.167 e. The lowest BCUT2D eigenvalue weighted by Crippen LogP contribution is -2.25. The third-order valence-corrected chi connectivity index (χ3v) is 3.66. The van der Waals surface area contributed by atoms with Crippen LogP contribution in [0.15, 0.2) is 12.1 Å². The summed E-state index contributed by atoms with van der Waals surface area (Å²) in [4.78, 5) is 0. The fourth-order valence-corrected chi connectivity index (χ4v) is 2.58. The maximum atomic E-state index is 13.4. The highest BCUT2D eigenvalue weighted by molar-refractivity contribution is 5.68. The highest BCUT2D eigenvalue weighted by Crippen LogP contribution is 2.29. The Morgan fingerprint density at radius 3 is 2.95 bits per heavy atom. The number of nitrogens with one attached hydrogen (secondary N) is 1. The molecule has 1 aromatic rings. The summed E-state index contributed by atoms with van der Waals surface area (Å²) in [7, 11) is 1.43. The van der Waals surface area contributed by atoms with Crippen LogP contribution >= 0.6 is 0 Å². The van der Waals surface area contributed by atoms with Crippen LogP contribution in [0.4, 0.5) is 15.8 Å². The topological polar surface area (TPSA) is 67.5 Å². The van der Waals surface area contributed by atoms with Crippen molar-refractivity contribution in [2.24, 2.45) is 5.92 Å². The molecule has 19 heavy (non-hydrogen) atoms. The van der Waals surface area contributed by atoms with Gasteiger partial charge in [-0.05, 0) is 25.2 Å². The van der Waals surface area contributed by atoms with Crippen LogP contribution < -0.4 is 15.8 Å². The molecular formula is C14H21FN2O2. The molecule has 0 heterocycles. The zero-order chi connectivity index (χ0) is 13.8. The number of halogens is 1. The number of methoxy groups -OCH3 is 1. The van der Waals surface area contributed by atoms with Crippen molar-refractivity contribution < 1.29 is 14.2 Å². The first kappa shape index (κ1) is 13.9.